The molecule has 1 N–H and O–H groups in total. The number of rotatable bonds is 2. The average molecular weight is 250 g/mol. The summed E-state index contributed by atoms with van der Waals surface area (Å²) in [5.74, 6) is -0.785. The van der Waals surface area contributed by atoms with E-state index in [2.05, 4.69) is 6.92 Å². The molecule has 0 saturated carbocycles. The average Bonchev–Trinajstić information content (AvgIpc) is 1.89. The first-order valence-electron chi connectivity index (χ1n) is 2.90. The van der Waals surface area contributed by atoms with Crippen molar-refractivity contribution in [3.63, 3.8) is 0 Å². The Bertz CT molecular complexity index is 138. The summed E-state index contributed by atoms with van der Waals surface area (Å²) in [6.07, 6.45) is 0.433. The molecule has 0 amide bonds. The monoisotopic (exact) mass is 250 g/mol. The van der Waals surface area contributed by atoms with Crippen LogP contribution in [0.2, 0.25) is 0 Å². The first-order valence-corrected chi connectivity index (χ1v) is 2.90. The first-order chi connectivity index (χ1) is 4.92. The Morgan fingerprint density at radius 2 is 1.92 bits per heavy atom. The van der Waals surface area contributed by atoms with Crippen LogP contribution >= 0.6 is 0 Å². The van der Waals surface area contributed by atoms with Crippen molar-refractivity contribution < 1.29 is 42.6 Å². The van der Waals surface area contributed by atoms with E-state index >= 15 is 0 Å². The predicted molar refractivity (Wildman–Crippen MR) is 40.6 cm³/mol. The molecule has 0 fully saturated rings. The molecule has 0 heterocycles. The third kappa shape index (κ3) is 9.97. The van der Waals surface area contributed by atoms with Gasteiger partial charge in [-0.05, 0) is 0 Å². The van der Waals surface area contributed by atoms with Gasteiger partial charge in [0.05, 0.1) is 0 Å². The summed E-state index contributed by atoms with van der Waals surface area (Å²) in [5, 5.41) is 17.4. The van der Waals surface area contributed by atoms with Crippen LogP contribution in [0.4, 0.5) is 0 Å². The van der Waals surface area contributed by atoms with Crippen LogP contribution in [0, 0.1) is 22.5 Å². The van der Waals surface area contributed by atoms with E-state index in [9.17, 15) is 4.79 Å². The van der Waals surface area contributed by atoms with Crippen LogP contribution in [-0.4, -0.2) is 11.1 Å². The number of carbonyl (C=O) groups is 1. The Morgan fingerprint density at radius 3 is 1.92 bits per heavy atom. The van der Waals surface area contributed by atoms with Crippen LogP contribution in [0.15, 0.2) is 5.34 Å². The van der Waals surface area contributed by atoms with Crippen LogP contribution in [-0.2, 0) is 37.5 Å². The number of nitrogens with zero attached hydrogens (tertiary/aromatic N) is 1. The standard InChI is InChI=1S/C6H11O2.HNO2.Y/c1-4-6(2,3)5(7)8;2-1-3;/h1,4H2,2-3H3,(H,7,8);(H,2,3);/q-1;;/p-1. The Labute approximate surface area is 96.4 Å². The smallest absolute Gasteiger partial charge is 0.306 e. The fraction of sp³-hybridized carbons (Fsp3) is 0.667. The van der Waals surface area contributed by atoms with Gasteiger partial charge in [-0.2, -0.15) is 6.42 Å². The summed E-state index contributed by atoms with van der Waals surface area (Å²) in [5.41, 5.74) is -0.653. The normalized spacial score (nSPS) is 8.58. The fourth-order valence-electron chi connectivity index (χ4n) is 0.107. The molecular weight excluding hydrogens is 239 g/mol. The topological polar surface area (TPSA) is 89.8 Å². The van der Waals surface area contributed by atoms with Crippen LogP contribution < -0.4 is 0 Å². The van der Waals surface area contributed by atoms with Gasteiger partial charge >= 0.3 is 5.97 Å². The van der Waals surface area contributed by atoms with E-state index in [1.54, 1.807) is 13.8 Å². The molecule has 0 aromatic heterocycles. The van der Waals surface area contributed by atoms with Gasteiger partial charge in [-0.3, -0.25) is 4.79 Å². The van der Waals surface area contributed by atoms with Crippen molar-refractivity contribution in [3.05, 3.63) is 17.0 Å². The maximum Gasteiger partial charge on any atom is 0.306 e. The minimum atomic E-state index is -0.785. The van der Waals surface area contributed by atoms with Gasteiger partial charge in [-0.25, -0.2) is 0 Å². The van der Waals surface area contributed by atoms with Crippen molar-refractivity contribution in [2.24, 2.45) is 10.8 Å². The molecule has 0 spiro atoms. The summed E-state index contributed by atoms with van der Waals surface area (Å²) < 4.78 is 0. The van der Waals surface area contributed by atoms with Crippen LogP contribution in [0.1, 0.15) is 20.3 Å². The molecule has 0 atom stereocenters. The van der Waals surface area contributed by atoms with Gasteiger partial charge in [0.25, 0.3) is 0 Å². The summed E-state index contributed by atoms with van der Waals surface area (Å²) in [6.45, 7) is 6.81. The maximum absolute atomic E-state index is 10.2. The summed E-state index contributed by atoms with van der Waals surface area (Å²) >= 11 is 0. The van der Waals surface area contributed by atoms with E-state index in [-0.39, 0.29) is 32.7 Å². The second kappa shape index (κ2) is 9.07. The zero-order valence-corrected chi connectivity index (χ0v) is 9.95. The molecule has 1 radical (unpaired) electrons. The van der Waals surface area contributed by atoms with E-state index in [0.717, 1.165) is 5.34 Å². The van der Waals surface area contributed by atoms with Crippen molar-refractivity contribution in [1.82, 2.24) is 0 Å². The van der Waals surface area contributed by atoms with Crippen molar-refractivity contribution in [1.29, 1.82) is 0 Å². The molecular formula is C6H11NO4Y-2. The third-order valence-electron chi connectivity index (χ3n) is 1.20. The van der Waals surface area contributed by atoms with Gasteiger partial charge < -0.3 is 22.1 Å². The molecule has 0 rings (SSSR count). The largest absolute Gasteiger partial charge is 0.481 e. The van der Waals surface area contributed by atoms with Gasteiger partial charge in [-0.15, -0.1) is 5.34 Å². The molecule has 0 bridgehead atoms. The molecule has 0 aliphatic rings. The van der Waals surface area contributed by atoms with Gasteiger partial charge in [0.2, 0.25) is 0 Å². The molecule has 12 heavy (non-hydrogen) atoms. The van der Waals surface area contributed by atoms with Crippen molar-refractivity contribution in [2.75, 3.05) is 0 Å². The van der Waals surface area contributed by atoms with E-state index in [1.165, 1.54) is 0 Å². The molecule has 0 aromatic carbocycles. The van der Waals surface area contributed by atoms with Crippen LogP contribution in [0.3, 0.4) is 0 Å². The number of carboxylic acids is 1. The van der Waals surface area contributed by atoms with Crippen molar-refractivity contribution in [2.45, 2.75) is 20.3 Å². The van der Waals surface area contributed by atoms with E-state index in [0.29, 0.717) is 6.42 Å². The van der Waals surface area contributed by atoms with Gasteiger partial charge in [-0.1, -0.05) is 13.8 Å². The Kier molecular flexibility index (Phi) is 13.5. The van der Waals surface area contributed by atoms with Crippen molar-refractivity contribution >= 4 is 5.97 Å². The van der Waals surface area contributed by atoms with E-state index in [1.807, 2.05) is 0 Å². The first kappa shape index (κ1) is 17.9. The Balaban J connectivity index is -0.000000177. The molecule has 6 heteroatoms. The SMILES string of the molecule is O=N[O-].[CH2-]CC(C)(C)C(=O)O.[Y]. The predicted octanol–water partition coefficient (Wildman–Crippen LogP) is 1.57. The number of hydrogen-bond acceptors (Lipinski definition) is 4. The summed E-state index contributed by atoms with van der Waals surface area (Å²) in [7, 11) is 0. The van der Waals surface area contributed by atoms with E-state index < -0.39 is 11.4 Å². The zero-order valence-electron chi connectivity index (χ0n) is 7.11. The molecule has 0 aromatic rings. The third-order valence-corrected chi connectivity index (χ3v) is 1.20. The van der Waals surface area contributed by atoms with E-state index in [4.69, 9.17) is 15.2 Å². The van der Waals surface area contributed by atoms with Gasteiger partial charge in [0.1, 0.15) is 0 Å². The zero-order chi connectivity index (χ0) is 9.49. The second-order valence-corrected chi connectivity index (χ2v) is 2.51. The van der Waals surface area contributed by atoms with Gasteiger partial charge in [0.15, 0.2) is 0 Å². The number of hydrogen-bond donors (Lipinski definition) is 1. The number of carboxylic acid groups (broad SMARTS) is 1. The summed E-state index contributed by atoms with van der Waals surface area (Å²) in [6, 6.07) is 0. The van der Waals surface area contributed by atoms with Gasteiger partial charge in [0, 0.05) is 38.1 Å². The molecule has 0 unspecified atom stereocenters. The Hall–Kier alpha value is -0.0261. The van der Waals surface area contributed by atoms with Crippen LogP contribution in [0.5, 0.6) is 0 Å². The molecule has 0 aliphatic heterocycles. The quantitative estimate of drug-likeness (QED) is 0.457. The molecule has 0 aliphatic carbocycles. The molecule has 0 saturated heterocycles. The number of aliphatic carboxylic acids is 1. The minimum Gasteiger partial charge on any atom is -0.481 e. The maximum atomic E-state index is 10.2. The minimum absolute atomic E-state index is 0. The van der Waals surface area contributed by atoms with Crippen molar-refractivity contribution in [3.8, 4) is 0 Å². The molecule has 5 nitrogen and oxygen atoms in total. The fourth-order valence-corrected chi connectivity index (χ4v) is 0.107. The molecule has 69 valence electrons. The summed E-state index contributed by atoms with van der Waals surface area (Å²) in [4.78, 5) is 18.2. The second-order valence-electron chi connectivity index (χ2n) is 2.51. The Morgan fingerprint density at radius 1 is 1.67 bits per heavy atom. The van der Waals surface area contributed by atoms with Crippen LogP contribution in [0.25, 0.3) is 0 Å².